The lowest BCUT2D eigenvalue weighted by Crippen LogP contribution is -2.39. The van der Waals surface area contributed by atoms with Gasteiger partial charge in [0.1, 0.15) is 0 Å². The van der Waals surface area contributed by atoms with Crippen molar-refractivity contribution >= 4 is 40.6 Å². The molecule has 1 aromatic heterocycles. The lowest BCUT2D eigenvalue weighted by atomic mass is 10.1. The number of carbonyl (C=O) groups excluding carboxylic acids is 2. The van der Waals surface area contributed by atoms with Crippen molar-refractivity contribution in [3.05, 3.63) is 40.9 Å². The minimum absolute atomic E-state index is 0.0265. The van der Waals surface area contributed by atoms with Crippen molar-refractivity contribution in [1.82, 2.24) is 9.88 Å². The van der Waals surface area contributed by atoms with Gasteiger partial charge in [0.2, 0.25) is 11.8 Å². The number of aryl methyl sites for hydroxylation is 2. The smallest absolute Gasteiger partial charge is 0.243 e. The van der Waals surface area contributed by atoms with Crippen molar-refractivity contribution in [3.8, 4) is 0 Å². The number of carbonyl (C=O) groups is 2. The molecule has 5 nitrogen and oxygen atoms in total. The average molecular weight is 378 g/mol. The predicted molar refractivity (Wildman–Crippen MR) is 104 cm³/mol. The molecule has 2 amide bonds. The van der Waals surface area contributed by atoms with Crippen molar-refractivity contribution in [1.29, 1.82) is 0 Å². The Balaban J connectivity index is 1.90. The van der Waals surface area contributed by atoms with Crippen LogP contribution in [0.1, 0.15) is 25.1 Å². The number of nitrogens with one attached hydrogen (secondary N) is 1. The molecule has 1 unspecified atom stereocenters. The van der Waals surface area contributed by atoms with Crippen LogP contribution in [0.4, 0.5) is 5.69 Å². The molecule has 1 N–H and O–H groups in total. The number of nitrogens with zero attached hydrogens (tertiary/aromatic N) is 2. The van der Waals surface area contributed by atoms with Gasteiger partial charge in [0.05, 0.1) is 11.8 Å². The van der Waals surface area contributed by atoms with Crippen LogP contribution >= 0.6 is 23.1 Å². The summed E-state index contributed by atoms with van der Waals surface area (Å²) in [4.78, 5) is 30.5. The lowest BCUT2D eigenvalue weighted by molar-refractivity contribution is -0.132. The summed E-state index contributed by atoms with van der Waals surface area (Å²) < 4.78 is 0.869. The molecule has 2 rings (SSSR count). The molecule has 1 atom stereocenters. The second-order valence-electron chi connectivity index (χ2n) is 5.77. The molecule has 0 saturated carbocycles. The summed E-state index contributed by atoms with van der Waals surface area (Å²) in [6.45, 7) is 5.83. The van der Waals surface area contributed by atoms with Crippen LogP contribution in [0.2, 0.25) is 0 Å². The van der Waals surface area contributed by atoms with Gasteiger partial charge in [0, 0.05) is 23.8 Å². The Kier molecular flexibility index (Phi) is 7.01. The first-order chi connectivity index (χ1) is 11.9. The highest BCUT2D eigenvalue weighted by Gasteiger charge is 2.21. The lowest BCUT2D eigenvalue weighted by Gasteiger charge is -2.20. The Labute approximate surface area is 156 Å². The maximum Gasteiger partial charge on any atom is 0.243 e. The topological polar surface area (TPSA) is 62.3 Å². The Morgan fingerprint density at radius 2 is 2.08 bits per heavy atom. The predicted octanol–water partition coefficient (Wildman–Crippen LogP) is 3.59. The third-order valence-corrected chi connectivity index (χ3v) is 5.83. The van der Waals surface area contributed by atoms with Gasteiger partial charge >= 0.3 is 0 Å². The first kappa shape index (κ1) is 19.5. The molecule has 0 radical (unpaired) electrons. The standard InChI is InChI=1S/C18H23N3O2S2/c1-5-14-8-6-7-9-15(14)20-16(22)10-21(4)17(23)13(3)25-18-19-12(2)11-24-18/h6-9,11,13H,5,10H2,1-4H3,(H,20,22). The van der Waals surface area contributed by atoms with Gasteiger partial charge in [-0.3, -0.25) is 9.59 Å². The molecule has 0 fully saturated rings. The summed E-state index contributed by atoms with van der Waals surface area (Å²) >= 11 is 2.95. The van der Waals surface area contributed by atoms with E-state index >= 15 is 0 Å². The van der Waals surface area contributed by atoms with E-state index in [-0.39, 0.29) is 23.6 Å². The van der Waals surface area contributed by atoms with E-state index in [9.17, 15) is 9.59 Å². The monoisotopic (exact) mass is 377 g/mol. The Bertz CT molecular complexity index is 745. The number of thioether (sulfide) groups is 1. The van der Waals surface area contributed by atoms with Crippen LogP contribution in [0.15, 0.2) is 34.0 Å². The van der Waals surface area contributed by atoms with Crippen LogP contribution in [0.5, 0.6) is 0 Å². The number of hydrogen-bond acceptors (Lipinski definition) is 5. The number of amides is 2. The highest BCUT2D eigenvalue weighted by molar-refractivity contribution is 8.02. The van der Waals surface area contributed by atoms with Crippen LogP contribution in [-0.2, 0) is 16.0 Å². The molecular formula is C18H23N3O2S2. The fourth-order valence-corrected chi connectivity index (χ4v) is 4.43. The number of para-hydroxylation sites is 1. The van der Waals surface area contributed by atoms with E-state index in [0.29, 0.717) is 0 Å². The second-order valence-corrected chi connectivity index (χ2v) is 8.21. The highest BCUT2D eigenvalue weighted by Crippen LogP contribution is 2.27. The average Bonchev–Trinajstić information content (AvgIpc) is 2.99. The summed E-state index contributed by atoms with van der Waals surface area (Å²) in [5, 5.41) is 4.56. The van der Waals surface area contributed by atoms with E-state index in [2.05, 4.69) is 10.3 Å². The SMILES string of the molecule is CCc1ccccc1NC(=O)CN(C)C(=O)C(C)Sc1nc(C)cs1. The highest BCUT2D eigenvalue weighted by atomic mass is 32.2. The van der Waals surface area contributed by atoms with Gasteiger partial charge in [-0.2, -0.15) is 0 Å². The maximum absolute atomic E-state index is 12.5. The number of benzene rings is 1. The molecule has 0 spiro atoms. The van der Waals surface area contributed by atoms with Crippen molar-refractivity contribution in [2.24, 2.45) is 0 Å². The molecule has 1 heterocycles. The number of anilines is 1. The molecule has 7 heteroatoms. The van der Waals surface area contributed by atoms with Crippen LogP contribution in [0.25, 0.3) is 0 Å². The van der Waals surface area contributed by atoms with Crippen molar-refractivity contribution in [2.75, 3.05) is 18.9 Å². The molecule has 0 aliphatic carbocycles. The maximum atomic E-state index is 12.5. The van der Waals surface area contributed by atoms with Crippen LogP contribution in [0, 0.1) is 6.92 Å². The van der Waals surface area contributed by atoms with Gasteiger partial charge in [0.25, 0.3) is 0 Å². The molecule has 0 bridgehead atoms. The van der Waals surface area contributed by atoms with Crippen LogP contribution in [0.3, 0.4) is 0 Å². The quantitative estimate of drug-likeness (QED) is 0.749. The van der Waals surface area contributed by atoms with E-state index < -0.39 is 0 Å². The summed E-state index contributed by atoms with van der Waals surface area (Å²) in [5.41, 5.74) is 2.83. The normalized spacial score (nSPS) is 11.8. The second kappa shape index (κ2) is 9.01. The Morgan fingerprint density at radius 1 is 1.36 bits per heavy atom. The number of likely N-dealkylation sites (N-methyl/N-ethyl adjacent to an activating group) is 1. The van der Waals surface area contributed by atoms with Crippen LogP contribution < -0.4 is 5.32 Å². The van der Waals surface area contributed by atoms with Crippen LogP contribution in [-0.4, -0.2) is 40.5 Å². The van der Waals surface area contributed by atoms with Crippen molar-refractivity contribution in [3.63, 3.8) is 0 Å². The zero-order valence-electron chi connectivity index (χ0n) is 14.9. The molecule has 0 aliphatic heterocycles. The largest absolute Gasteiger partial charge is 0.335 e. The summed E-state index contributed by atoms with van der Waals surface area (Å²) in [6.07, 6.45) is 0.839. The number of rotatable bonds is 7. The third kappa shape index (κ3) is 5.57. The number of thiazole rings is 1. The van der Waals surface area contributed by atoms with Gasteiger partial charge in [-0.15, -0.1) is 11.3 Å². The van der Waals surface area contributed by atoms with E-state index in [1.54, 1.807) is 7.05 Å². The van der Waals surface area contributed by atoms with Crippen molar-refractivity contribution in [2.45, 2.75) is 36.8 Å². The summed E-state index contributed by atoms with van der Waals surface area (Å²) in [6, 6.07) is 7.70. The molecular weight excluding hydrogens is 354 g/mol. The van der Waals surface area contributed by atoms with Gasteiger partial charge in [-0.05, 0) is 31.9 Å². The Morgan fingerprint density at radius 3 is 2.72 bits per heavy atom. The zero-order valence-corrected chi connectivity index (χ0v) is 16.5. The van der Waals surface area contributed by atoms with Gasteiger partial charge in [-0.1, -0.05) is 36.9 Å². The first-order valence-corrected chi connectivity index (χ1v) is 9.88. The molecule has 134 valence electrons. The van der Waals surface area contributed by atoms with E-state index in [1.165, 1.54) is 28.0 Å². The number of hydrogen-bond donors (Lipinski definition) is 1. The fraction of sp³-hybridized carbons (Fsp3) is 0.389. The molecule has 2 aromatic rings. The molecule has 0 saturated heterocycles. The van der Waals surface area contributed by atoms with Gasteiger partial charge < -0.3 is 10.2 Å². The van der Waals surface area contributed by atoms with E-state index in [0.717, 1.165) is 27.7 Å². The zero-order chi connectivity index (χ0) is 18.4. The van der Waals surface area contributed by atoms with Crippen molar-refractivity contribution < 1.29 is 9.59 Å². The van der Waals surface area contributed by atoms with Gasteiger partial charge in [-0.25, -0.2) is 4.98 Å². The summed E-state index contributed by atoms with van der Waals surface area (Å²) in [7, 11) is 1.65. The van der Waals surface area contributed by atoms with E-state index in [4.69, 9.17) is 0 Å². The van der Waals surface area contributed by atoms with E-state index in [1.807, 2.05) is 50.4 Å². The van der Waals surface area contributed by atoms with Gasteiger partial charge in [0.15, 0.2) is 4.34 Å². The molecule has 1 aromatic carbocycles. The minimum atomic E-state index is -0.286. The Hall–Kier alpha value is -1.86. The number of aromatic nitrogens is 1. The summed E-state index contributed by atoms with van der Waals surface area (Å²) in [5.74, 6) is -0.282. The third-order valence-electron chi connectivity index (χ3n) is 3.65. The molecule has 25 heavy (non-hydrogen) atoms. The first-order valence-electron chi connectivity index (χ1n) is 8.12. The minimum Gasteiger partial charge on any atom is -0.335 e. The fourth-order valence-electron chi connectivity index (χ4n) is 2.33. The molecule has 0 aliphatic rings.